The Morgan fingerprint density at radius 2 is 1.67 bits per heavy atom. The van der Waals surface area contributed by atoms with Crippen molar-refractivity contribution >= 4 is 17.6 Å². The molecule has 1 aliphatic heterocycles. The van der Waals surface area contributed by atoms with E-state index in [9.17, 15) is 19.8 Å². The lowest BCUT2D eigenvalue weighted by molar-refractivity contribution is -0.276. The molecule has 1 amide bonds. The maximum Gasteiger partial charge on any atom is 0.303 e. The highest BCUT2D eigenvalue weighted by Crippen LogP contribution is 2.42. The fourth-order valence-corrected chi connectivity index (χ4v) is 5.15. The predicted octanol–water partition coefficient (Wildman–Crippen LogP) is 4.83. The number of aliphatic hydroxyl groups is 2. The molecule has 3 aromatic carbocycles. The molecule has 1 saturated heterocycles. The Morgan fingerprint density at radius 3 is 2.33 bits per heavy atom. The summed E-state index contributed by atoms with van der Waals surface area (Å²) in [6.07, 6.45) is -2.38. The van der Waals surface area contributed by atoms with E-state index in [4.69, 9.17) is 14.6 Å². The summed E-state index contributed by atoms with van der Waals surface area (Å²) in [6.45, 7) is 4.55. The number of aliphatic hydroxyl groups excluding tert-OH is 2. The van der Waals surface area contributed by atoms with E-state index >= 15 is 0 Å². The Balaban J connectivity index is 1.56. The van der Waals surface area contributed by atoms with Gasteiger partial charge in [-0.3, -0.25) is 14.5 Å². The summed E-state index contributed by atoms with van der Waals surface area (Å²) in [5.41, 5.74) is 3.84. The van der Waals surface area contributed by atoms with Crippen molar-refractivity contribution in [2.75, 3.05) is 18.9 Å². The molecule has 0 aliphatic carbocycles. The van der Waals surface area contributed by atoms with Crippen molar-refractivity contribution in [1.82, 2.24) is 4.90 Å². The second kappa shape index (κ2) is 14.5. The molecule has 0 radical (unpaired) electrons. The van der Waals surface area contributed by atoms with Crippen molar-refractivity contribution < 1.29 is 34.4 Å². The van der Waals surface area contributed by atoms with E-state index in [2.05, 4.69) is 17.1 Å². The molecule has 6 atom stereocenters. The largest absolute Gasteiger partial charge is 0.481 e. The molecule has 0 aromatic heterocycles. The number of carbonyl (C=O) groups is 2. The Kier molecular flexibility index (Phi) is 10.8. The number of nitrogens with one attached hydrogen (secondary N) is 1. The maximum atomic E-state index is 12.3. The average molecular weight is 577 g/mol. The molecular weight excluding hydrogens is 536 g/mol. The quantitative estimate of drug-likeness (QED) is 0.241. The Morgan fingerprint density at radius 1 is 0.952 bits per heavy atom. The van der Waals surface area contributed by atoms with Crippen molar-refractivity contribution in [3.8, 4) is 0 Å². The summed E-state index contributed by atoms with van der Waals surface area (Å²) in [5, 5.41) is 32.2. The van der Waals surface area contributed by atoms with Gasteiger partial charge in [-0.1, -0.05) is 73.7 Å². The van der Waals surface area contributed by atoms with E-state index < -0.39 is 18.4 Å². The zero-order chi connectivity index (χ0) is 30.2. The Hall–Kier alpha value is -3.60. The number of nitrogens with zero attached hydrogens (tertiary/aromatic N) is 1. The number of rotatable bonds is 12. The number of carbonyl (C=O) groups excluding carboxylic acids is 1. The molecule has 0 unspecified atom stereocenters. The van der Waals surface area contributed by atoms with Crippen LogP contribution < -0.4 is 5.32 Å². The van der Waals surface area contributed by atoms with Crippen LogP contribution in [0.1, 0.15) is 67.4 Å². The van der Waals surface area contributed by atoms with Crippen LogP contribution in [0.4, 0.5) is 5.69 Å². The van der Waals surface area contributed by atoms with Gasteiger partial charge >= 0.3 is 5.97 Å². The molecule has 42 heavy (non-hydrogen) atoms. The molecule has 9 heteroatoms. The van der Waals surface area contributed by atoms with Gasteiger partial charge in [0.15, 0.2) is 6.29 Å². The van der Waals surface area contributed by atoms with Crippen LogP contribution in [0.2, 0.25) is 0 Å². The first kappa shape index (κ1) is 31.3. The van der Waals surface area contributed by atoms with Crippen LogP contribution in [0.25, 0.3) is 0 Å². The van der Waals surface area contributed by atoms with Gasteiger partial charge in [0.05, 0.1) is 31.3 Å². The fraction of sp³-hybridized carbons (Fsp3) is 0.394. The topological polar surface area (TPSA) is 129 Å². The highest BCUT2D eigenvalue weighted by atomic mass is 16.7. The number of hydrogen-bond donors (Lipinski definition) is 4. The fourth-order valence-electron chi connectivity index (χ4n) is 5.15. The van der Waals surface area contributed by atoms with Crippen molar-refractivity contribution in [2.24, 2.45) is 5.92 Å². The van der Waals surface area contributed by atoms with Crippen molar-refractivity contribution in [3.63, 3.8) is 0 Å². The van der Waals surface area contributed by atoms with Gasteiger partial charge in [0, 0.05) is 36.2 Å². The molecule has 1 aliphatic rings. The average Bonchev–Trinajstić information content (AvgIpc) is 3.00. The molecule has 0 bridgehead atoms. The summed E-state index contributed by atoms with van der Waals surface area (Å²) in [7, 11) is 1.97. The number of anilines is 1. The van der Waals surface area contributed by atoms with Gasteiger partial charge in [-0.15, -0.1) is 0 Å². The SMILES string of the molecule is C[C@H]1[C@@H](CN(C)[C@@H](C)[C@H](O)c2ccccc2)O[C@@H](c2cccc(NC(=O)CCC(=O)O)c2)O[C@H]1c1ccc(CO)cc1. The molecule has 4 rings (SSSR count). The van der Waals surface area contributed by atoms with E-state index in [1.165, 1.54) is 0 Å². The lowest BCUT2D eigenvalue weighted by Gasteiger charge is -2.43. The minimum absolute atomic E-state index is 0.0485. The second-order valence-electron chi connectivity index (χ2n) is 10.9. The van der Waals surface area contributed by atoms with Crippen LogP contribution in [0.5, 0.6) is 0 Å². The lowest BCUT2D eigenvalue weighted by Crippen LogP contribution is -2.46. The van der Waals surface area contributed by atoms with Crippen molar-refractivity contribution in [3.05, 3.63) is 101 Å². The molecule has 4 N–H and O–H groups in total. The van der Waals surface area contributed by atoms with Crippen LogP contribution in [-0.2, 0) is 25.7 Å². The van der Waals surface area contributed by atoms with E-state index in [1.54, 1.807) is 18.2 Å². The van der Waals surface area contributed by atoms with Gasteiger partial charge in [0.25, 0.3) is 0 Å². The second-order valence-corrected chi connectivity index (χ2v) is 10.9. The van der Waals surface area contributed by atoms with Crippen molar-refractivity contribution in [1.29, 1.82) is 0 Å². The van der Waals surface area contributed by atoms with Gasteiger partial charge < -0.3 is 30.1 Å². The maximum absolute atomic E-state index is 12.3. The molecule has 9 nitrogen and oxygen atoms in total. The Bertz CT molecular complexity index is 1320. The zero-order valence-corrected chi connectivity index (χ0v) is 24.2. The first-order chi connectivity index (χ1) is 20.2. The van der Waals surface area contributed by atoms with E-state index in [0.29, 0.717) is 17.8 Å². The highest BCUT2D eigenvalue weighted by molar-refractivity contribution is 5.92. The zero-order valence-electron chi connectivity index (χ0n) is 24.2. The number of carboxylic acid groups (broad SMARTS) is 1. The summed E-state index contributed by atoms with van der Waals surface area (Å²) in [5.74, 6) is -1.47. The minimum atomic E-state index is -1.03. The normalized spacial score (nSPS) is 22.0. The van der Waals surface area contributed by atoms with Gasteiger partial charge in [-0.2, -0.15) is 0 Å². The molecule has 0 saturated carbocycles. The summed E-state index contributed by atoms with van der Waals surface area (Å²) in [4.78, 5) is 25.2. The first-order valence-corrected chi connectivity index (χ1v) is 14.2. The molecule has 0 spiro atoms. The van der Waals surface area contributed by atoms with Crippen LogP contribution >= 0.6 is 0 Å². The monoisotopic (exact) mass is 576 g/mol. The van der Waals surface area contributed by atoms with E-state index in [1.807, 2.05) is 74.6 Å². The van der Waals surface area contributed by atoms with Gasteiger partial charge in [-0.05, 0) is 42.8 Å². The van der Waals surface area contributed by atoms with E-state index in [-0.39, 0.29) is 49.5 Å². The van der Waals surface area contributed by atoms with Crippen LogP contribution in [0.15, 0.2) is 78.9 Å². The number of benzene rings is 3. The summed E-state index contributed by atoms with van der Waals surface area (Å²) >= 11 is 0. The third-order valence-electron chi connectivity index (χ3n) is 7.89. The molecule has 1 fully saturated rings. The van der Waals surface area contributed by atoms with Crippen LogP contribution in [-0.4, -0.2) is 57.8 Å². The standard InChI is InChI=1S/C33H40N2O7/c1-21-28(19-35(3)22(2)31(40)24-8-5-4-6-9-24)41-33(42-32(21)25-14-12-23(20-36)13-15-25)26-10-7-11-27(18-26)34-29(37)16-17-30(38)39/h4-15,18,21-22,28,31-33,36,40H,16-17,19-20H2,1-3H3,(H,34,37)(H,38,39)/t21-,22-,28+,31-,32+,33+/m0/s1. The number of amides is 1. The number of aliphatic carboxylic acids is 1. The molecule has 3 aromatic rings. The number of ether oxygens (including phenoxy) is 2. The first-order valence-electron chi connectivity index (χ1n) is 14.2. The van der Waals surface area contributed by atoms with Crippen LogP contribution in [0.3, 0.4) is 0 Å². The third-order valence-corrected chi connectivity index (χ3v) is 7.89. The molecular formula is C33H40N2O7. The van der Waals surface area contributed by atoms with Gasteiger partial charge in [0.2, 0.25) is 5.91 Å². The van der Waals surface area contributed by atoms with Gasteiger partial charge in [-0.25, -0.2) is 0 Å². The highest BCUT2D eigenvalue weighted by Gasteiger charge is 2.39. The lowest BCUT2D eigenvalue weighted by atomic mass is 9.89. The number of hydrogen-bond acceptors (Lipinski definition) is 7. The summed E-state index contributed by atoms with van der Waals surface area (Å²) < 4.78 is 13.1. The van der Waals surface area contributed by atoms with Crippen molar-refractivity contribution in [2.45, 2.75) is 63.9 Å². The Labute approximate surface area is 246 Å². The van der Waals surface area contributed by atoms with Crippen LogP contribution in [0, 0.1) is 5.92 Å². The smallest absolute Gasteiger partial charge is 0.303 e. The summed E-state index contributed by atoms with van der Waals surface area (Å²) in [6, 6.07) is 24.2. The number of likely N-dealkylation sites (N-methyl/N-ethyl adjacent to an activating group) is 1. The predicted molar refractivity (Wildman–Crippen MR) is 158 cm³/mol. The van der Waals surface area contributed by atoms with E-state index in [0.717, 1.165) is 16.7 Å². The minimum Gasteiger partial charge on any atom is -0.481 e. The number of carboxylic acids is 1. The molecule has 1 heterocycles. The third kappa shape index (κ3) is 8.02. The van der Waals surface area contributed by atoms with Gasteiger partial charge in [0.1, 0.15) is 0 Å². The molecule has 224 valence electrons.